The number of ether oxygens (including phenoxy) is 1. The second kappa shape index (κ2) is 9.70. The smallest absolute Gasteiger partial charge is 0.276 e. The molecule has 0 aliphatic rings. The van der Waals surface area contributed by atoms with Crippen LogP contribution in [0.15, 0.2) is 53.0 Å². The molecule has 0 saturated heterocycles. The Hall–Kier alpha value is -1.69. The molecule has 2 rings (SSSR count). The second-order valence-corrected chi connectivity index (χ2v) is 6.83. The Balaban J connectivity index is 1.90. The summed E-state index contributed by atoms with van der Waals surface area (Å²) in [6.45, 7) is 1.85. The van der Waals surface area contributed by atoms with Crippen LogP contribution in [0, 0.1) is 0 Å². The normalized spacial score (nSPS) is 11.1. The molecular formula is C18H17BrCl2N2O2. The SMILES string of the molecule is CC/C=C(/NNC(=O)COc1ccc(Cl)cc1Cl)c1ccc(Br)cc1. The van der Waals surface area contributed by atoms with Crippen molar-refractivity contribution in [1.82, 2.24) is 10.9 Å². The van der Waals surface area contributed by atoms with Gasteiger partial charge in [0.2, 0.25) is 0 Å². The summed E-state index contributed by atoms with van der Waals surface area (Å²) < 4.78 is 6.39. The fraction of sp³-hybridized carbons (Fsp3) is 0.167. The molecule has 0 bridgehead atoms. The molecule has 0 heterocycles. The summed E-state index contributed by atoms with van der Waals surface area (Å²) in [5, 5.41) is 0.863. The molecule has 0 atom stereocenters. The number of hydrazine groups is 1. The van der Waals surface area contributed by atoms with Crippen molar-refractivity contribution in [3.8, 4) is 5.75 Å². The van der Waals surface area contributed by atoms with Gasteiger partial charge in [-0.05, 0) is 42.3 Å². The van der Waals surface area contributed by atoms with Gasteiger partial charge >= 0.3 is 0 Å². The lowest BCUT2D eigenvalue weighted by Crippen LogP contribution is -2.39. The minimum atomic E-state index is -0.329. The molecule has 4 nitrogen and oxygen atoms in total. The molecule has 0 fully saturated rings. The first-order valence-corrected chi connectivity index (χ1v) is 9.13. The van der Waals surface area contributed by atoms with Crippen molar-refractivity contribution >= 4 is 50.7 Å². The molecular weight excluding hydrogens is 427 g/mol. The van der Waals surface area contributed by atoms with Gasteiger partial charge in [0, 0.05) is 9.50 Å². The van der Waals surface area contributed by atoms with Gasteiger partial charge in [0.25, 0.3) is 5.91 Å². The Kier molecular flexibility index (Phi) is 7.62. The van der Waals surface area contributed by atoms with Crippen LogP contribution in [-0.2, 0) is 4.79 Å². The summed E-state index contributed by atoms with van der Waals surface area (Å²) in [6.07, 6.45) is 2.81. The van der Waals surface area contributed by atoms with Crippen molar-refractivity contribution in [3.63, 3.8) is 0 Å². The third-order valence-electron chi connectivity index (χ3n) is 3.15. The second-order valence-electron chi connectivity index (χ2n) is 5.07. The number of rotatable bonds is 7. The first kappa shape index (κ1) is 19.6. The Bertz CT molecular complexity index is 764. The van der Waals surface area contributed by atoms with E-state index in [4.69, 9.17) is 27.9 Å². The van der Waals surface area contributed by atoms with Gasteiger partial charge in [-0.3, -0.25) is 15.6 Å². The van der Waals surface area contributed by atoms with Crippen molar-refractivity contribution < 1.29 is 9.53 Å². The Morgan fingerprint density at radius 3 is 2.52 bits per heavy atom. The van der Waals surface area contributed by atoms with Crippen LogP contribution in [0.25, 0.3) is 5.70 Å². The van der Waals surface area contributed by atoms with E-state index in [1.807, 2.05) is 37.3 Å². The predicted octanol–water partition coefficient (Wildman–Crippen LogP) is 5.21. The van der Waals surface area contributed by atoms with E-state index in [0.29, 0.717) is 15.8 Å². The van der Waals surface area contributed by atoms with Crippen LogP contribution in [-0.4, -0.2) is 12.5 Å². The quantitative estimate of drug-likeness (QED) is 0.577. The highest BCUT2D eigenvalue weighted by Crippen LogP contribution is 2.27. The van der Waals surface area contributed by atoms with Gasteiger partial charge in [-0.15, -0.1) is 0 Å². The average Bonchev–Trinajstić information content (AvgIpc) is 2.58. The van der Waals surface area contributed by atoms with Crippen LogP contribution < -0.4 is 15.6 Å². The molecule has 0 aromatic heterocycles. The van der Waals surface area contributed by atoms with Crippen molar-refractivity contribution in [2.45, 2.75) is 13.3 Å². The third-order valence-corrected chi connectivity index (χ3v) is 4.21. The van der Waals surface area contributed by atoms with Crippen LogP contribution in [0.3, 0.4) is 0 Å². The van der Waals surface area contributed by atoms with E-state index in [-0.39, 0.29) is 12.5 Å². The number of hydrogen-bond donors (Lipinski definition) is 2. The summed E-state index contributed by atoms with van der Waals surface area (Å²) in [6, 6.07) is 12.6. The monoisotopic (exact) mass is 442 g/mol. The van der Waals surface area contributed by atoms with E-state index < -0.39 is 0 Å². The molecule has 0 radical (unpaired) electrons. The van der Waals surface area contributed by atoms with Crippen LogP contribution in [0.1, 0.15) is 18.9 Å². The standard InChI is InChI=1S/C18H17BrCl2N2O2/c1-2-3-16(12-4-6-13(19)7-5-12)22-23-18(24)11-25-17-9-8-14(20)10-15(17)21/h3-10,22H,2,11H2,1H3,(H,23,24)/b16-3+. The molecule has 132 valence electrons. The maximum atomic E-state index is 12.0. The largest absolute Gasteiger partial charge is 0.482 e. The Morgan fingerprint density at radius 2 is 1.88 bits per heavy atom. The van der Waals surface area contributed by atoms with E-state index in [1.165, 1.54) is 0 Å². The average molecular weight is 444 g/mol. The van der Waals surface area contributed by atoms with E-state index in [0.717, 1.165) is 22.2 Å². The highest BCUT2D eigenvalue weighted by molar-refractivity contribution is 9.10. The Labute approximate surface area is 165 Å². The minimum absolute atomic E-state index is 0.173. The number of benzene rings is 2. The van der Waals surface area contributed by atoms with E-state index in [1.54, 1.807) is 18.2 Å². The van der Waals surface area contributed by atoms with Gasteiger partial charge in [0.1, 0.15) is 5.75 Å². The molecule has 0 saturated carbocycles. The molecule has 1 amide bonds. The summed E-state index contributed by atoms with van der Waals surface area (Å²) in [4.78, 5) is 12.0. The first-order chi connectivity index (χ1) is 12.0. The number of halogens is 3. The van der Waals surface area contributed by atoms with Crippen LogP contribution >= 0.6 is 39.1 Å². The molecule has 7 heteroatoms. The highest BCUT2D eigenvalue weighted by Gasteiger charge is 2.08. The van der Waals surface area contributed by atoms with E-state index >= 15 is 0 Å². The summed E-state index contributed by atoms with van der Waals surface area (Å²) in [5.41, 5.74) is 7.32. The minimum Gasteiger partial charge on any atom is -0.482 e. The van der Waals surface area contributed by atoms with Gasteiger partial charge in [-0.2, -0.15) is 0 Å². The third kappa shape index (κ3) is 6.27. The fourth-order valence-electron chi connectivity index (χ4n) is 1.98. The first-order valence-electron chi connectivity index (χ1n) is 7.58. The maximum absolute atomic E-state index is 12.0. The van der Waals surface area contributed by atoms with Crippen molar-refractivity contribution in [3.05, 3.63) is 68.6 Å². The number of hydrogen-bond acceptors (Lipinski definition) is 3. The van der Waals surface area contributed by atoms with Gasteiger partial charge in [-0.1, -0.05) is 64.3 Å². The van der Waals surface area contributed by atoms with Crippen LogP contribution in [0.2, 0.25) is 10.0 Å². The zero-order chi connectivity index (χ0) is 18.2. The molecule has 25 heavy (non-hydrogen) atoms. The summed E-state index contributed by atoms with van der Waals surface area (Å²) in [7, 11) is 0. The van der Waals surface area contributed by atoms with E-state index in [2.05, 4.69) is 26.8 Å². The number of carbonyl (C=O) groups excluding carboxylic acids is 1. The fourth-order valence-corrected chi connectivity index (χ4v) is 2.71. The zero-order valence-corrected chi connectivity index (χ0v) is 16.6. The van der Waals surface area contributed by atoms with Gasteiger partial charge in [0.05, 0.1) is 10.7 Å². The van der Waals surface area contributed by atoms with Crippen LogP contribution in [0.4, 0.5) is 0 Å². The van der Waals surface area contributed by atoms with Crippen molar-refractivity contribution in [2.75, 3.05) is 6.61 Å². The van der Waals surface area contributed by atoms with Gasteiger partial charge < -0.3 is 4.74 Å². The number of allylic oxidation sites excluding steroid dienone is 1. The van der Waals surface area contributed by atoms with Crippen molar-refractivity contribution in [1.29, 1.82) is 0 Å². The predicted molar refractivity (Wildman–Crippen MR) is 106 cm³/mol. The number of carbonyl (C=O) groups is 1. The molecule has 0 spiro atoms. The maximum Gasteiger partial charge on any atom is 0.276 e. The van der Waals surface area contributed by atoms with Gasteiger partial charge in [-0.25, -0.2) is 0 Å². The molecule has 0 aliphatic carbocycles. The molecule has 2 aromatic rings. The Morgan fingerprint density at radius 1 is 1.16 bits per heavy atom. The zero-order valence-electron chi connectivity index (χ0n) is 13.5. The molecule has 2 aromatic carbocycles. The van der Waals surface area contributed by atoms with Crippen LogP contribution in [0.5, 0.6) is 5.75 Å². The van der Waals surface area contributed by atoms with Gasteiger partial charge in [0.15, 0.2) is 6.61 Å². The van der Waals surface area contributed by atoms with Crippen molar-refractivity contribution in [2.24, 2.45) is 0 Å². The topological polar surface area (TPSA) is 50.4 Å². The highest BCUT2D eigenvalue weighted by atomic mass is 79.9. The summed E-state index contributed by atoms with van der Waals surface area (Å²) >= 11 is 15.2. The lowest BCUT2D eigenvalue weighted by Gasteiger charge is -2.14. The molecule has 2 N–H and O–H groups in total. The molecule has 0 unspecified atom stereocenters. The lowest BCUT2D eigenvalue weighted by atomic mass is 10.1. The summed E-state index contributed by atoms with van der Waals surface area (Å²) in [5.74, 6) is 0.0728. The van der Waals surface area contributed by atoms with E-state index in [9.17, 15) is 4.79 Å². The lowest BCUT2D eigenvalue weighted by molar-refractivity contribution is -0.123. The number of nitrogens with one attached hydrogen (secondary N) is 2. The molecule has 0 aliphatic heterocycles. The number of amides is 1.